The van der Waals surface area contributed by atoms with Gasteiger partial charge in [-0.3, -0.25) is 0 Å². The average Bonchev–Trinajstić information content (AvgIpc) is 2.05. The second-order valence-electron chi connectivity index (χ2n) is 4.35. The summed E-state index contributed by atoms with van der Waals surface area (Å²) in [6.07, 6.45) is -0.944. The summed E-state index contributed by atoms with van der Waals surface area (Å²) >= 11 is 0. The van der Waals surface area contributed by atoms with Crippen molar-refractivity contribution in [3.05, 3.63) is 35.1 Å². The van der Waals surface area contributed by atoms with Gasteiger partial charge >= 0.3 is 0 Å². The fourth-order valence-electron chi connectivity index (χ4n) is 2.08. The van der Waals surface area contributed by atoms with Crippen LogP contribution in [0.2, 0.25) is 0 Å². The largest absolute Gasteiger partial charge is 0.321 e. The van der Waals surface area contributed by atoms with E-state index in [2.05, 4.69) is 0 Å². The molecule has 4 heteroatoms. The predicted octanol–water partition coefficient (Wildman–Crippen LogP) is 2.72. The van der Waals surface area contributed by atoms with Gasteiger partial charge in [0, 0.05) is 18.4 Å². The number of aryl methyl sites for hydroxylation is 1. The molecule has 0 unspecified atom stereocenters. The van der Waals surface area contributed by atoms with Gasteiger partial charge in [0.25, 0.3) is 5.92 Å². The van der Waals surface area contributed by atoms with Gasteiger partial charge in [0.05, 0.1) is 5.54 Å². The van der Waals surface area contributed by atoms with Crippen molar-refractivity contribution < 1.29 is 13.2 Å². The SMILES string of the molecule is Cc1ccc(F)c(C2(N)CC(F)(F)C2)c1. The lowest BCUT2D eigenvalue weighted by molar-refractivity contribution is -0.125. The monoisotopic (exact) mass is 215 g/mol. The first-order valence-corrected chi connectivity index (χ1v) is 4.76. The van der Waals surface area contributed by atoms with Crippen LogP contribution in [0.1, 0.15) is 24.0 Å². The number of hydrogen-bond acceptors (Lipinski definition) is 1. The average molecular weight is 215 g/mol. The van der Waals surface area contributed by atoms with Crippen LogP contribution in [-0.4, -0.2) is 5.92 Å². The second kappa shape index (κ2) is 2.98. The zero-order valence-electron chi connectivity index (χ0n) is 8.36. The molecule has 1 fully saturated rings. The molecule has 0 radical (unpaired) electrons. The minimum absolute atomic E-state index is 0.202. The standard InChI is InChI=1S/C11H12F3N/c1-7-2-3-9(12)8(4-7)10(15)5-11(13,14)6-10/h2-4H,5-6,15H2,1H3. The molecule has 1 aliphatic rings. The summed E-state index contributed by atoms with van der Waals surface area (Å²) in [5, 5.41) is 0. The van der Waals surface area contributed by atoms with E-state index in [-0.39, 0.29) is 5.56 Å². The summed E-state index contributed by atoms with van der Waals surface area (Å²) in [5.74, 6) is -3.25. The third-order valence-corrected chi connectivity index (χ3v) is 2.81. The Kier molecular flexibility index (Phi) is 2.08. The maximum Gasteiger partial charge on any atom is 0.252 e. The molecule has 1 aliphatic carbocycles. The number of benzene rings is 1. The summed E-state index contributed by atoms with van der Waals surface area (Å²) in [6.45, 7) is 1.78. The van der Waals surface area contributed by atoms with Crippen molar-refractivity contribution in [2.75, 3.05) is 0 Å². The Morgan fingerprint density at radius 1 is 1.27 bits per heavy atom. The molecule has 0 atom stereocenters. The Hall–Kier alpha value is -1.03. The smallest absolute Gasteiger partial charge is 0.252 e. The summed E-state index contributed by atoms with van der Waals surface area (Å²) < 4.78 is 38.9. The third kappa shape index (κ3) is 1.74. The minimum atomic E-state index is -2.75. The van der Waals surface area contributed by atoms with Gasteiger partial charge in [-0.15, -0.1) is 0 Å². The third-order valence-electron chi connectivity index (χ3n) is 2.81. The van der Waals surface area contributed by atoms with Gasteiger partial charge in [0.1, 0.15) is 5.82 Å². The zero-order valence-corrected chi connectivity index (χ0v) is 8.36. The first-order valence-electron chi connectivity index (χ1n) is 4.76. The molecule has 1 aromatic carbocycles. The van der Waals surface area contributed by atoms with Gasteiger partial charge < -0.3 is 5.73 Å². The van der Waals surface area contributed by atoms with Crippen LogP contribution in [-0.2, 0) is 5.54 Å². The van der Waals surface area contributed by atoms with Crippen LogP contribution in [0.4, 0.5) is 13.2 Å². The lowest BCUT2D eigenvalue weighted by Crippen LogP contribution is -2.55. The molecule has 2 rings (SSSR count). The van der Waals surface area contributed by atoms with E-state index in [0.29, 0.717) is 0 Å². The van der Waals surface area contributed by atoms with Gasteiger partial charge in [-0.1, -0.05) is 17.7 Å². The molecule has 82 valence electrons. The highest BCUT2D eigenvalue weighted by atomic mass is 19.3. The Labute approximate surface area is 86.1 Å². The van der Waals surface area contributed by atoms with E-state index in [1.807, 2.05) is 0 Å². The van der Waals surface area contributed by atoms with Crippen molar-refractivity contribution in [3.63, 3.8) is 0 Å². The molecule has 0 aromatic heterocycles. The Bertz CT molecular complexity index is 393. The maximum absolute atomic E-state index is 13.4. The van der Waals surface area contributed by atoms with Crippen LogP contribution in [0.15, 0.2) is 18.2 Å². The van der Waals surface area contributed by atoms with Crippen molar-refractivity contribution in [2.45, 2.75) is 31.2 Å². The topological polar surface area (TPSA) is 26.0 Å². The summed E-state index contributed by atoms with van der Waals surface area (Å²) in [6, 6.07) is 4.42. The summed E-state index contributed by atoms with van der Waals surface area (Å²) in [7, 11) is 0. The van der Waals surface area contributed by atoms with Crippen molar-refractivity contribution in [2.24, 2.45) is 5.73 Å². The fraction of sp³-hybridized carbons (Fsp3) is 0.455. The first kappa shape index (κ1) is 10.5. The van der Waals surface area contributed by atoms with Gasteiger partial charge in [0.2, 0.25) is 0 Å². The van der Waals surface area contributed by atoms with Crippen molar-refractivity contribution in [1.82, 2.24) is 0 Å². The molecule has 1 aromatic rings. The first-order chi connectivity index (χ1) is 6.82. The minimum Gasteiger partial charge on any atom is -0.321 e. The molecule has 0 amide bonds. The Morgan fingerprint density at radius 2 is 1.87 bits per heavy atom. The molecule has 0 bridgehead atoms. The van der Waals surface area contributed by atoms with E-state index in [1.54, 1.807) is 19.1 Å². The molecule has 0 spiro atoms. The summed E-state index contributed by atoms with van der Waals surface area (Å²) in [5.41, 5.74) is 5.58. The van der Waals surface area contributed by atoms with E-state index in [9.17, 15) is 13.2 Å². The molecule has 0 aliphatic heterocycles. The molecule has 0 heterocycles. The number of alkyl halides is 2. The molecular formula is C11H12F3N. The number of rotatable bonds is 1. The molecule has 15 heavy (non-hydrogen) atoms. The van der Waals surface area contributed by atoms with Gasteiger partial charge in [-0.05, 0) is 13.0 Å². The molecule has 1 saturated carbocycles. The van der Waals surface area contributed by atoms with Crippen LogP contribution in [0.25, 0.3) is 0 Å². The van der Waals surface area contributed by atoms with E-state index in [4.69, 9.17) is 5.73 Å². The van der Waals surface area contributed by atoms with Crippen LogP contribution in [0.3, 0.4) is 0 Å². The highest BCUT2D eigenvalue weighted by Gasteiger charge is 2.56. The normalized spacial score (nSPS) is 22.2. The van der Waals surface area contributed by atoms with E-state index < -0.39 is 30.1 Å². The Morgan fingerprint density at radius 3 is 2.40 bits per heavy atom. The molecule has 2 N–H and O–H groups in total. The van der Waals surface area contributed by atoms with Crippen molar-refractivity contribution >= 4 is 0 Å². The van der Waals surface area contributed by atoms with E-state index in [1.165, 1.54) is 6.07 Å². The van der Waals surface area contributed by atoms with E-state index >= 15 is 0 Å². The number of hydrogen-bond donors (Lipinski definition) is 1. The predicted molar refractivity (Wildman–Crippen MR) is 51.2 cm³/mol. The van der Waals surface area contributed by atoms with Crippen LogP contribution in [0.5, 0.6) is 0 Å². The molecular weight excluding hydrogens is 203 g/mol. The summed E-state index contributed by atoms with van der Waals surface area (Å²) in [4.78, 5) is 0. The van der Waals surface area contributed by atoms with Gasteiger partial charge in [-0.25, -0.2) is 13.2 Å². The van der Waals surface area contributed by atoms with E-state index in [0.717, 1.165) is 5.56 Å². The highest BCUT2D eigenvalue weighted by Crippen LogP contribution is 2.50. The lowest BCUT2D eigenvalue weighted by Gasteiger charge is -2.45. The quantitative estimate of drug-likeness (QED) is 0.765. The number of halogens is 3. The van der Waals surface area contributed by atoms with Crippen LogP contribution >= 0.6 is 0 Å². The van der Waals surface area contributed by atoms with Gasteiger partial charge in [-0.2, -0.15) is 0 Å². The molecule has 0 saturated heterocycles. The van der Waals surface area contributed by atoms with Crippen molar-refractivity contribution in [1.29, 1.82) is 0 Å². The van der Waals surface area contributed by atoms with Gasteiger partial charge in [0.15, 0.2) is 0 Å². The maximum atomic E-state index is 13.4. The van der Waals surface area contributed by atoms with Crippen LogP contribution in [0, 0.1) is 12.7 Å². The highest BCUT2D eigenvalue weighted by molar-refractivity contribution is 5.33. The lowest BCUT2D eigenvalue weighted by atomic mass is 9.69. The van der Waals surface area contributed by atoms with Crippen LogP contribution < -0.4 is 5.73 Å². The van der Waals surface area contributed by atoms with Crippen molar-refractivity contribution in [3.8, 4) is 0 Å². The Balaban J connectivity index is 2.35. The molecule has 1 nitrogen and oxygen atoms in total. The second-order valence-corrected chi connectivity index (χ2v) is 4.35. The fourth-order valence-corrected chi connectivity index (χ4v) is 2.08. The zero-order chi connectivity index (χ0) is 11.3. The number of nitrogens with two attached hydrogens (primary N) is 1.